The summed E-state index contributed by atoms with van der Waals surface area (Å²) in [5.74, 6) is 1.92. The maximum Gasteiger partial charge on any atom is 0.203 e. The number of hydrogen-bond acceptors (Lipinski definition) is 4. The van der Waals surface area contributed by atoms with E-state index in [2.05, 4.69) is 0 Å². The van der Waals surface area contributed by atoms with E-state index < -0.39 is 10.8 Å². The quantitative estimate of drug-likeness (QED) is 0.855. The summed E-state index contributed by atoms with van der Waals surface area (Å²) in [5.41, 5.74) is 0.737. The minimum Gasteiger partial charge on any atom is -0.496 e. The SMILES string of the molecule is COC1=C[C@](C)(c2cc(OC)c(C)cc2OC)C(C)(C)C1=O. The molecular formula is C18H24O4. The van der Waals surface area contributed by atoms with Crippen molar-refractivity contribution in [1.82, 2.24) is 0 Å². The Morgan fingerprint density at radius 3 is 1.95 bits per heavy atom. The molecule has 0 heterocycles. The second-order valence-electron chi connectivity index (χ2n) is 6.39. The van der Waals surface area contributed by atoms with Gasteiger partial charge in [0.1, 0.15) is 11.5 Å². The van der Waals surface area contributed by atoms with Gasteiger partial charge in [-0.2, -0.15) is 0 Å². The summed E-state index contributed by atoms with van der Waals surface area (Å²) in [4.78, 5) is 12.6. The Hall–Kier alpha value is -1.97. The highest BCUT2D eigenvalue weighted by Gasteiger charge is 2.54. The van der Waals surface area contributed by atoms with Crippen molar-refractivity contribution in [2.75, 3.05) is 21.3 Å². The number of ketones is 1. The standard InChI is InChI=1S/C18H24O4/c1-11-8-14(21-6)12(9-13(11)20-5)18(4)10-15(22-7)16(19)17(18,2)3/h8-10H,1-7H3/t18-/m1/s1. The number of allylic oxidation sites excluding steroid dienone is 2. The summed E-state index contributed by atoms with van der Waals surface area (Å²) in [6.45, 7) is 7.87. The molecule has 22 heavy (non-hydrogen) atoms. The lowest BCUT2D eigenvalue weighted by Crippen LogP contribution is -2.39. The molecule has 0 saturated heterocycles. The van der Waals surface area contributed by atoms with Crippen LogP contribution in [0.5, 0.6) is 11.5 Å². The number of Topliss-reactive ketones (excluding diaryl/α,β-unsaturated/α-hetero) is 1. The van der Waals surface area contributed by atoms with Crippen LogP contribution in [0.15, 0.2) is 24.0 Å². The molecule has 0 amide bonds. The van der Waals surface area contributed by atoms with Crippen LogP contribution < -0.4 is 9.47 Å². The van der Waals surface area contributed by atoms with Gasteiger partial charge < -0.3 is 14.2 Å². The Morgan fingerprint density at radius 1 is 0.909 bits per heavy atom. The molecule has 0 radical (unpaired) electrons. The molecule has 1 aliphatic carbocycles. The first kappa shape index (κ1) is 16.4. The second kappa shape index (κ2) is 5.34. The van der Waals surface area contributed by atoms with Gasteiger partial charge in [-0.25, -0.2) is 0 Å². The van der Waals surface area contributed by atoms with Crippen LogP contribution in [0.1, 0.15) is 31.9 Å². The minimum absolute atomic E-state index is 0.000838. The van der Waals surface area contributed by atoms with E-state index in [1.165, 1.54) is 7.11 Å². The molecule has 0 saturated carbocycles. The first-order chi connectivity index (χ1) is 10.2. The number of benzene rings is 1. The van der Waals surface area contributed by atoms with E-state index in [4.69, 9.17) is 14.2 Å². The van der Waals surface area contributed by atoms with E-state index in [0.29, 0.717) is 5.76 Å². The molecule has 4 nitrogen and oxygen atoms in total. The van der Waals surface area contributed by atoms with E-state index in [9.17, 15) is 4.79 Å². The summed E-state index contributed by atoms with van der Waals surface area (Å²) in [6, 6.07) is 3.90. The predicted octanol–water partition coefficient (Wildman–Crippen LogP) is 3.41. The molecule has 1 atom stereocenters. The fourth-order valence-electron chi connectivity index (χ4n) is 3.07. The topological polar surface area (TPSA) is 44.8 Å². The van der Waals surface area contributed by atoms with Crippen LogP contribution in [0.4, 0.5) is 0 Å². The van der Waals surface area contributed by atoms with Crippen molar-refractivity contribution >= 4 is 5.78 Å². The van der Waals surface area contributed by atoms with Gasteiger partial charge in [-0.05, 0) is 30.7 Å². The van der Waals surface area contributed by atoms with Crippen LogP contribution in [0.2, 0.25) is 0 Å². The molecule has 0 N–H and O–H groups in total. The lowest BCUT2D eigenvalue weighted by molar-refractivity contribution is -0.126. The summed E-state index contributed by atoms with van der Waals surface area (Å²) in [6.07, 6.45) is 1.89. The van der Waals surface area contributed by atoms with Crippen molar-refractivity contribution in [3.05, 3.63) is 35.1 Å². The molecule has 0 unspecified atom stereocenters. The molecular weight excluding hydrogens is 280 g/mol. The van der Waals surface area contributed by atoms with Gasteiger partial charge in [-0.15, -0.1) is 0 Å². The molecule has 0 spiro atoms. The third kappa shape index (κ3) is 2.09. The van der Waals surface area contributed by atoms with Crippen LogP contribution in [0.25, 0.3) is 0 Å². The molecule has 1 aliphatic rings. The lowest BCUT2D eigenvalue weighted by atomic mass is 9.64. The molecule has 0 fully saturated rings. The van der Waals surface area contributed by atoms with Crippen LogP contribution in [0.3, 0.4) is 0 Å². The van der Waals surface area contributed by atoms with Gasteiger partial charge in [0, 0.05) is 16.4 Å². The number of rotatable bonds is 4. The van der Waals surface area contributed by atoms with Gasteiger partial charge in [-0.3, -0.25) is 4.79 Å². The number of carbonyl (C=O) groups is 1. The van der Waals surface area contributed by atoms with Crippen molar-refractivity contribution in [1.29, 1.82) is 0 Å². The molecule has 1 aromatic carbocycles. The second-order valence-corrected chi connectivity index (χ2v) is 6.39. The fourth-order valence-corrected chi connectivity index (χ4v) is 3.07. The fraction of sp³-hybridized carbons (Fsp3) is 0.500. The number of methoxy groups -OCH3 is 3. The van der Waals surface area contributed by atoms with E-state index in [0.717, 1.165) is 22.6 Å². The summed E-state index contributed by atoms with van der Waals surface area (Å²) in [7, 11) is 4.81. The average Bonchev–Trinajstić information content (AvgIpc) is 2.67. The Balaban J connectivity index is 2.73. The Morgan fingerprint density at radius 2 is 1.50 bits per heavy atom. The van der Waals surface area contributed by atoms with Crippen molar-refractivity contribution in [3.63, 3.8) is 0 Å². The van der Waals surface area contributed by atoms with Gasteiger partial charge >= 0.3 is 0 Å². The van der Waals surface area contributed by atoms with E-state index >= 15 is 0 Å². The van der Waals surface area contributed by atoms with Crippen LogP contribution in [0, 0.1) is 12.3 Å². The van der Waals surface area contributed by atoms with Gasteiger partial charge in [0.15, 0.2) is 5.76 Å². The van der Waals surface area contributed by atoms with E-state index in [1.54, 1.807) is 14.2 Å². The normalized spacial score (nSPS) is 23.2. The summed E-state index contributed by atoms with van der Waals surface area (Å²) < 4.78 is 16.3. The number of aryl methyl sites for hydroxylation is 1. The van der Waals surface area contributed by atoms with Gasteiger partial charge in [0.05, 0.1) is 21.3 Å². The highest BCUT2D eigenvalue weighted by Crippen LogP contribution is 2.53. The maximum absolute atomic E-state index is 12.6. The van der Waals surface area contributed by atoms with Gasteiger partial charge in [0.25, 0.3) is 0 Å². The van der Waals surface area contributed by atoms with Gasteiger partial charge in [0.2, 0.25) is 5.78 Å². The third-order valence-electron chi connectivity index (χ3n) is 5.01. The smallest absolute Gasteiger partial charge is 0.203 e. The largest absolute Gasteiger partial charge is 0.496 e. The molecule has 120 valence electrons. The zero-order valence-corrected chi connectivity index (χ0v) is 14.4. The third-order valence-corrected chi connectivity index (χ3v) is 5.01. The molecule has 1 aromatic rings. The first-order valence-electron chi connectivity index (χ1n) is 7.27. The Bertz CT molecular complexity index is 643. The molecule has 0 aromatic heterocycles. The summed E-state index contributed by atoms with van der Waals surface area (Å²) >= 11 is 0. The molecule has 2 rings (SSSR count). The Labute approximate surface area is 132 Å². The van der Waals surface area contributed by atoms with E-state index in [-0.39, 0.29) is 5.78 Å². The average molecular weight is 304 g/mol. The van der Waals surface area contributed by atoms with Crippen LogP contribution >= 0.6 is 0 Å². The van der Waals surface area contributed by atoms with Crippen molar-refractivity contribution < 1.29 is 19.0 Å². The highest BCUT2D eigenvalue weighted by molar-refractivity contribution is 6.02. The first-order valence-corrected chi connectivity index (χ1v) is 7.27. The van der Waals surface area contributed by atoms with Crippen molar-refractivity contribution in [3.8, 4) is 11.5 Å². The minimum atomic E-state index is -0.633. The maximum atomic E-state index is 12.6. The number of ether oxygens (including phenoxy) is 3. The van der Waals surface area contributed by atoms with Crippen LogP contribution in [-0.2, 0) is 14.9 Å². The number of carbonyl (C=O) groups excluding carboxylic acids is 1. The molecule has 0 bridgehead atoms. The van der Waals surface area contributed by atoms with Crippen molar-refractivity contribution in [2.45, 2.75) is 33.1 Å². The summed E-state index contributed by atoms with van der Waals surface area (Å²) in [5, 5.41) is 0. The molecule has 0 aliphatic heterocycles. The number of hydrogen-bond donors (Lipinski definition) is 0. The zero-order chi connectivity index (χ0) is 16.7. The van der Waals surface area contributed by atoms with Crippen LogP contribution in [-0.4, -0.2) is 27.1 Å². The highest BCUT2D eigenvalue weighted by atomic mass is 16.5. The Kier molecular flexibility index (Phi) is 3.98. The predicted molar refractivity (Wildman–Crippen MR) is 85.5 cm³/mol. The van der Waals surface area contributed by atoms with Crippen molar-refractivity contribution in [2.24, 2.45) is 5.41 Å². The van der Waals surface area contributed by atoms with Gasteiger partial charge in [-0.1, -0.05) is 20.8 Å². The lowest BCUT2D eigenvalue weighted by Gasteiger charge is -2.37. The monoisotopic (exact) mass is 304 g/mol. The molecule has 4 heteroatoms. The zero-order valence-electron chi connectivity index (χ0n) is 14.4. The van der Waals surface area contributed by atoms with E-state index in [1.807, 2.05) is 45.9 Å².